The minimum absolute atomic E-state index is 0.418. The lowest BCUT2D eigenvalue weighted by molar-refractivity contribution is 0.351. The molecule has 0 spiro atoms. The first-order chi connectivity index (χ1) is 6.65. The fourth-order valence-electron chi connectivity index (χ4n) is 1.37. The maximum absolute atomic E-state index is 5.65. The summed E-state index contributed by atoms with van der Waals surface area (Å²) in [7, 11) is 3.23. The average Bonchev–Trinajstić information content (AvgIpc) is 2.20. The third-order valence-corrected chi connectivity index (χ3v) is 3.19. The number of nitrogens with two attached hydrogens (primary N) is 1. The van der Waals surface area contributed by atoms with Crippen LogP contribution in [0.15, 0.2) is 10.5 Å². The summed E-state index contributed by atoms with van der Waals surface area (Å²) < 4.78 is 11.5. The molecule has 0 heterocycles. The van der Waals surface area contributed by atoms with E-state index in [-0.39, 0.29) is 0 Å². The van der Waals surface area contributed by atoms with Crippen LogP contribution >= 0.6 is 15.9 Å². The molecule has 0 saturated heterocycles. The first-order valence-electron chi connectivity index (χ1n) is 4.25. The number of rotatable bonds is 3. The number of methoxy groups -OCH3 is 2. The SMILES string of the molecule is COc1cc(C)c(Br)c(CN)c1OC. The second-order valence-electron chi connectivity index (χ2n) is 2.93. The molecule has 0 radical (unpaired) electrons. The van der Waals surface area contributed by atoms with E-state index in [0.29, 0.717) is 18.0 Å². The molecule has 1 aromatic rings. The zero-order valence-electron chi connectivity index (χ0n) is 8.56. The number of hydrogen-bond donors (Lipinski definition) is 1. The van der Waals surface area contributed by atoms with Gasteiger partial charge < -0.3 is 15.2 Å². The molecule has 14 heavy (non-hydrogen) atoms. The second kappa shape index (κ2) is 4.66. The van der Waals surface area contributed by atoms with Gasteiger partial charge in [0.25, 0.3) is 0 Å². The highest BCUT2D eigenvalue weighted by Crippen LogP contribution is 2.38. The van der Waals surface area contributed by atoms with Gasteiger partial charge >= 0.3 is 0 Å². The highest BCUT2D eigenvalue weighted by Gasteiger charge is 2.14. The molecule has 0 saturated carbocycles. The summed E-state index contributed by atoms with van der Waals surface area (Å²) in [5.74, 6) is 1.42. The van der Waals surface area contributed by atoms with Gasteiger partial charge in [0.1, 0.15) is 0 Å². The van der Waals surface area contributed by atoms with E-state index in [1.807, 2.05) is 13.0 Å². The van der Waals surface area contributed by atoms with Gasteiger partial charge in [-0.1, -0.05) is 15.9 Å². The van der Waals surface area contributed by atoms with Crippen molar-refractivity contribution in [1.29, 1.82) is 0 Å². The predicted molar refractivity (Wildman–Crippen MR) is 59.9 cm³/mol. The fourth-order valence-corrected chi connectivity index (χ4v) is 1.83. The van der Waals surface area contributed by atoms with Crippen LogP contribution in [0.3, 0.4) is 0 Å². The Morgan fingerprint density at radius 3 is 2.43 bits per heavy atom. The zero-order valence-corrected chi connectivity index (χ0v) is 10.1. The molecule has 0 atom stereocenters. The van der Waals surface area contributed by atoms with Crippen molar-refractivity contribution in [1.82, 2.24) is 0 Å². The van der Waals surface area contributed by atoms with E-state index in [1.165, 1.54) is 0 Å². The monoisotopic (exact) mass is 259 g/mol. The van der Waals surface area contributed by atoms with Crippen LogP contribution in [-0.4, -0.2) is 14.2 Å². The average molecular weight is 260 g/mol. The second-order valence-corrected chi connectivity index (χ2v) is 3.72. The van der Waals surface area contributed by atoms with Crippen molar-refractivity contribution >= 4 is 15.9 Å². The van der Waals surface area contributed by atoms with Crippen molar-refractivity contribution in [3.8, 4) is 11.5 Å². The fraction of sp³-hybridized carbons (Fsp3) is 0.400. The highest BCUT2D eigenvalue weighted by molar-refractivity contribution is 9.10. The molecule has 0 aliphatic carbocycles. The van der Waals surface area contributed by atoms with Crippen LogP contribution in [0.4, 0.5) is 0 Å². The topological polar surface area (TPSA) is 44.5 Å². The predicted octanol–water partition coefficient (Wildman–Crippen LogP) is 2.23. The van der Waals surface area contributed by atoms with Gasteiger partial charge in [0.2, 0.25) is 0 Å². The smallest absolute Gasteiger partial charge is 0.166 e. The minimum atomic E-state index is 0.418. The Labute approximate surface area is 92.3 Å². The number of ether oxygens (including phenoxy) is 2. The molecule has 0 amide bonds. The number of aryl methyl sites for hydroxylation is 1. The Morgan fingerprint density at radius 2 is 2.00 bits per heavy atom. The quantitative estimate of drug-likeness (QED) is 0.906. The first kappa shape index (κ1) is 11.3. The Balaban J connectivity index is 3.42. The van der Waals surface area contributed by atoms with Gasteiger partial charge in [-0.3, -0.25) is 0 Å². The van der Waals surface area contributed by atoms with Gasteiger partial charge in [-0.05, 0) is 18.6 Å². The maximum atomic E-state index is 5.65. The molecule has 1 aromatic carbocycles. The minimum Gasteiger partial charge on any atom is -0.493 e. The van der Waals surface area contributed by atoms with E-state index < -0.39 is 0 Å². The van der Waals surface area contributed by atoms with Gasteiger partial charge in [0, 0.05) is 16.6 Å². The molecular weight excluding hydrogens is 246 g/mol. The van der Waals surface area contributed by atoms with Crippen molar-refractivity contribution in [3.05, 3.63) is 21.7 Å². The Bertz CT molecular complexity index is 339. The Hall–Kier alpha value is -0.740. The molecule has 1 rings (SSSR count). The zero-order chi connectivity index (χ0) is 10.7. The molecule has 0 fully saturated rings. The molecule has 0 bridgehead atoms. The summed E-state index contributed by atoms with van der Waals surface area (Å²) in [6.45, 7) is 2.41. The maximum Gasteiger partial charge on any atom is 0.166 e. The number of benzene rings is 1. The standard InChI is InChI=1S/C10H14BrNO2/c1-6-4-8(13-2)10(14-3)7(5-12)9(6)11/h4H,5,12H2,1-3H3. The molecule has 2 N–H and O–H groups in total. The number of hydrogen-bond acceptors (Lipinski definition) is 3. The van der Waals surface area contributed by atoms with E-state index in [0.717, 1.165) is 15.6 Å². The van der Waals surface area contributed by atoms with Crippen LogP contribution < -0.4 is 15.2 Å². The van der Waals surface area contributed by atoms with Crippen molar-refractivity contribution in [2.24, 2.45) is 5.73 Å². The van der Waals surface area contributed by atoms with E-state index in [9.17, 15) is 0 Å². The van der Waals surface area contributed by atoms with Crippen LogP contribution in [0, 0.1) is 6.92 Å². The Kier molecular flexibility index (Phi) is 3.77. The van der Waals surface area contributed by atoms with E-state index in [1.54, 1.807) is 14.2 Å². The molecule has 0 aromatic heterocycles. The van der Waals surface area contributed by atoms with Gasteiger partial charge in [-0.25, -0.2) is 0 Å². The van der Waals surface area contributed by atoms with E-state index in [4.69, 9.17) is 15.2 Å². The van der Waals surface area contributed by atoms with Gasteiger partial charge in [-0.15, -0.1) is 0 Å². The van der Waals surface area contributed by atoms with Crippen LogP contribution in [0.25, 0.3) is 0 Å². The van der Waals surface area contributed by atoms with Crippen LogP contribution in [0.1, 0.15) is 11.1 Å². The summed E-state index contributed by atoms with van der Waals surface area (Å²) >= 11 is 3.48. The van der Waals surface area contributed by atoms with Gasteiger partial charge in [0.15, 0.2) is 11.5 Å². The van der Waals surface area contributed by atoms with Crippen molar-refractivity contribution < 1.29 is 9.47 Å². The van der Waals surface area contributed by atoms with Crippen molar-refractivity contribution in [2.45, 2.75) is 13.5 Å². The van der Waals surface area contributed by atoms with Crippen molar-refractivity contribution in [3.63, 3.8) is 0 Å². The summed E-state index contributed by atoms with van der Waals surface area (Å²) in [5.41, 5.74) is 7.67. The lowest BCUT2D eigenvalue weighted by Gasteiger charge is -2.15. The van der Waals surface area contributed by atoms with Gasteiger partial charge in [0.05, 0.1) is 14.2 Å². The summed E-state index contributed by atoms with van der Waals surface area (Å²) in [6.07, 6.45) is 0. The number of halogens is 1. The molecule has 0 aliphatic heterocycles. The molecule has 78 valence electrons. The highest BCUT2D eigenvalue weighted by atomic mass is 79.9. The Morgan fingerprint density at radius 1 is 1.36 bits per heavy atom. The van der Waals surface area contributed by atoms with Crippen LogP contribution in [-0.2, 0) is 6.54 Å². The third kappa shape index (κ3) is 1.86. The molecule has 0 unspecified atom stereocenters. The van der Waals surface area contributed by atoms with Crippen LogP contribution in [0.2, 0.25) is 0 Å². The summed E-state index contributed by atoms with van der Waals surface area (Å²) in [6, 6.07) is 1.92. The largest absolute Gasteiger partial charge is 0.493 e. The third-order valence-electron chi connectivity index (χ3n) is 2.08. The van der Waals surface area contributed by atoms with E-state index in [2.05, 4.69) is 15.9 Å². The van der Waals surface area contributed by atoms with E-state index >= 15 is 0 Å². The summed E-state index contributed by atoms with van der Waals surface area (Å²) in [4.78, 5) is 0. The van der Waals surface area contributed by atoms with Crippen LogP contribution in [0.5, 0.6) is 11.5 Å². The van der Waals surface area contributed by atoms with Crippen molar-refractivity contribution in [2.75, 3.05) is 14.2 Å². The summed E-state index contributed by atoms with van der Waals surface area (Å²) in [5, 5.41) is 0. The molecule has 4 heteroatoms. The molecule has 0 aliphatic rings. The molecular formula is C10H14BrNO2. The molecule has 3 nitrogen and oxygen atoms in total. The lowest BCUT2D eigenvalue weighted by Crippen LogP contribution is -2.04. The first-order valence-corrected chi connectivity index (χ1v) is 5.05. The lowest BCUT2D eigenvalue weighted by atomic mass is 10.1. The normalized spacial score (nSPS) is 10.1. The van der Waals surface area contributed by atoms with Gasteiger partial charge in [-0.2, -0.15) is 0 Å².